The van der Waals surface area contributed by atoms with E-state index in [0.29, 0.717) is 6.54 Å². The number of nitrogens with zero attached hydrogens (tertiary/aromatic N) is 3. The van der Waals surface area contributed by atoms with Gasteiger partial charge in [-0.1, -0.05) is 12.1 Å². The predicted molar refractivity (Wildman–Crippen MR) is 35.5 cm³/mol. The normalized spacial score (nSPS) is 9.70. The zero-order valence-electron chi connectivity index (χ0n) is 5.82. The van der Waals surface area contributed by atoms with Crippen LogP contribution in [0.4, 0.5) is 0 Å². The summed E-state index contributed by atoms with van der Waals surface area (Å²) in [6.07, 6.45) is 3.43. The van der Waals surface area contributed by atoms with Gasteiger partial charge in [-0.05, 0) is 6.42 Å². The molecule has 54 valence electrons. The lowest BCUT2D eigenvalue weighted by Gasteiger charge is -1.85. The molecule has 0 saturated carbocycles. The van der Waals surface area contributed by atoms with Gasteiger partial charge in [0.15, 0.2) is 0 Å². The molecule has 1 aromatic rings. The van der Waals surface area contributed by atoms with Gasteiger partial charge in [-0.3, -0.25) is 0 Å². The Kier molecular flexibility index (Phi) is 2.15. The Bertz CT molecular complexity index is 219. The lowest BCUT2D eigenvalue weighted by molar-refractivity contribution is -0.108. The molecule has 0 bridgehead atoms. The molecule has 0 saturated heterocycles. The van der Waals surface area contributed by atoms with E-state index in [9.17, 15) is 4.79 Å². The maximum Gasteiger partial charge on any atom is 0.141 e. The lowest BCUT2D eigenvalue weighted by Crippen LogP contribution is -1.98. The largest absolute Gasteiger partial charge is 0.301 e. The molecule has 10 heavy (non-hydrogen) atoms. The molecule has 0 aliphatic carbocycles. The van der Waals surface area contributed by atoms with Gasteiger partial charge in [0.1, 0.15) is 6.29 Å². The Morgan fingerprint density at radius 3 is 3.10 bits per heavy atom. The summed E-state index contributed by atoms with van der Waals surface area (Å²) in [7, 11) is 0. The van der Waals surface area contributed by atoms with E-state index >= 15 is 0 Å². The maximum atomic E-state index is 9.98. The average molecular weight is 139 g/mol. The molecule has 0 spiro atoms. The number of carbonyl (C=O) groups is 1. The van der Waals surface area contributed by atoms with Gasteiger partial charge in [0.2, 0.25) is 0 Å². The molecule has 0 unspecified atom stereocenters. The van der Waals surface area contributed by atoms with Crippen molar-refractivity contribution in [1.82, 2.24) is 15.0 Å². The minimum absolute atomic E-state index is 0.299. The van der Waals surface area contributed by atoms with Gasteiger partial charge >= 0.3 is 0 Å². The highest BCUT2D eigenvalue weighted by Crippen LogP contribution is 1.91. The highest BCUT2D eigenvalue weighted by molar-refractivity contribution is 5.48. The van der Waals surface area contributed by atoms with Crippen LogP contribution in [-0.4, -0.2) is 21.3 Å². The second kappa shape index (κ2) is 3.10. The molecular formula is C6H9N3O. The monoisotopic (exact) mass is 139 g/mol. The Hall–Kier alpha value is -1.19. The van der Waals surface area contributed by atoms with Gasteiger partial charge in [0.05, 0.1) is 12.2 Å². The highest BCUT2D eigenvalue weighted by atomic mass is 16.1. The molecule has 0 amide bonds. The summed E-state index contributed by atoms with van der Waals surface area (Å²) in [6, 6.07) is 0. The van der Waals surface area contributed by atoms with Crippen LogP contribution in [-0.2, 0) is 17.8 Å². The van der Waals surface area contributed by atoms with Crippen molar-refractivity contribution < 1.29 is 4.79 Å². The van der Waals surface area contributed by atoms with Gasteiger partial charge in [0.25, 0.3) is 0 Å². The molecular weight excluding hydrogens is 130 g/mol. The van der Waals surface area contributed by atoms with Gasteiger partial charge in [-0.15, -0.1) is 5.10 Å². The van der Waals surface area contributed by atoms with Crippen LogP contribution in [0.3, 0.4) is 0 Å². The number of aromatic nitrogens is 3. The van der Waals surface area contributed by atoms with Crippen LogP contribution in [0.1, 0.15) is 12.6 Å². The lowest BCUT2D eigenvalue weighted by atomic mass is 10.4. The van der Waals surface area contributed by atoms with Crippen molar-refractivity contribution in [1.29, 1.82) is 0 Å². The predicted octanol–water partition coefficient (Wildman–Crippen LogP) is 0.0394. The average Bonchev–Trinajstić information content (AvgIpc) is 2.37. The first-order valence-corrected chi connectivity index (χ1v) is 3.19. The molecule has 0 aliphatic heterocycles. The molecule has 0 fully saturated rings. The zero-order valence-corrected chi connectivity index (χ0v) is 5.82. The first-order chi connectivity index (χ1) is 4.86. The number of aldehydes is 1. The summed E-state index contributed by atoms with van der Waals surface area (Å²) in [5, 5.41) is 7.52. The molecule has 0 atom stereocenters. The maximum absolute atomic E-state index is 9.98. The molecule has 4 heteroatoms. The van der Waals surface area contributed by atoms with Crippen LogP contribution in [0, 0.1) is 0 Å². The third-order valence-corrected chi connectivity index (χ3v) is 1.21. The number of hydrogen-bond acceptors (Lipinski definition) is 3. The van der Waals surface area contributed by atoms with Gasteiger partial charge in [0, 0.05) is 6.20 Å². The summed E-state index contributed by atoms with van der Waals surface area (Å²) >= 11 is 0. The van der Waals surface area contributed by atoms with Crippen molar-refractivity contribution in [2.75, 3.05) is 0 Å². The van der Waals surface area contributed by atoms with Crippen LogP contribution in [0.2, 0.25) is 0 Å². The zero-order chi connectivity index (χ0) is 7.40. The molecule has 0 radical (unpaired) electrons. The van der Waals surface area contributed by atoms with E-state index < -0.39 is 0 Å². The quantitative estimate of drug-likeness (QED) is 0.555. The minimum Gasteiger partial charge on any atom is -0.301 e. The van der Waals surface area contributed by atoms with E-state index in [1.807, 2.05) is 6.92 Å². The number of hydrogen-bond donors (Lipinski definition) is 0. The van der Waals surface area contributed by atoms with Crippen LogP contribution >= 0.6 is 0 Å². The van der Waals surface area contributed by atoms with Gasteiger partial charge < -0.3 is 4.79 Å². The van der Waals surface area contributed by atoms with Crippen LogP contribution in [0.25, 0.3) is 0 Å². The Labute approximate surface area is 58.8 Å². The Morgan fingerprint density at radius 1 is 1.80 bits per heavy atom. The third kappa shape index (κ3) is 1.40. The molecule has 4 nitrogen and oxygen atoms in total. The standard InChI is InChI=1S/C6H9N3O/c1-2-6-5-9(3-4-10)8-7-6/h4-5H,2-3H2,1H3. The van der Waals surface area contributed by atoms with Crippen LogP contribution in [0.5, 0.6) is 0 Å². The van der Waals surface area contributed by atoms with Crippen molar-refractivity contribution in [3.8, 4) is 0 Å². The van der Waals surface area contributed by atoms with Gasteiger partial charge in [-0.25, -0.2) is 4.68 Å². The Balaban J connectivity index is 2.67. The van der Waals surface area contributed by atoms with E-state index in [-0.39, 0.29) is 0 Å². The summed E-state index contributed by atoms with van der Waals surface area (Å²) in [4.78, 5) is 9.98. The number of aryl methyl sites for hydroxylation is 1. The molecule has 0 N–H and O–H groups in total. The molecule has 0 aromatic carbocycles. The van der Waals surface area contributed by atoms with E-state index in [1.165, 1.54) is 4.68 Å². The van der Waals surface area contributed by atoms with Crippen molar-refractivity contribution in [2.24, 2.45) is 0 Å². The van der Waals surface area contributed by atoms with Crippen molar-refractivity contribution in [2.45, 2.75) is 19.9 Å². The smallest absolute Gasteiger partial charge is 0.141 e. The second-order valence-corrected chi connectivity index (χ2v) is 1.95. The summed E-state index contributed by atoms with van der Waals surface area (Å²) in [5.41, 5.74) is 0.918. The van der Waals surface area contributed by atoms with Crippen LogP contribution in [0.15, 0.2) is 6.20 Å². The number of carbonyl (C=O) groups excluding carboxylic acids is 1. The summed E-state index contributed by atoms with van der Waals surface area (Å²) in [5.74, 6) is 0. The fourth-order valence-electron chi connectivity index (χ4n) is 0.666. The van der Waals surface area contributed by atoms with E-state index in [0.717, 1.165) is 18.4 Å². The number of rotatable bonds is 3. The Morgan fingerprint density at radius 2 is 2.60 bits per heavy atom. The fourth-order valence-corrected chi connectivity index (χ4v) is 0.666. The molecule has 0 aliphatic rings. The molecule has 1 heterocycles. The van der Waals surface area contributed by atoms with Crippen molar-refractivity contribution >= 4 is 6.29 Å². The minimum atomic E-state index is 0.299. The van der Waals surface area contributed by atoms with Crippen molar-refractivity contribution in [3.63, 3.8) is 0 Å². The highest BCUT2D eigenvalue weighted by Gasteiger charge is 1.94. The topological polar surface area (TPSA) is 47.8 Å². The molecule has 1 rings (SSSR count). The fraction of sp³-hybridized carbons (Fsp3) is 0.500. The first kappa shape index (κ1) is 6.92. The van der Waals surface area contributed by atoms with E-state index in [2.05, 4.69) is 10.3 Å². The first-order valence-electron chi connectivity index (χ1n) is 3.19. The summed E-state index contributed by atoms with van der Waals surface area (Å²) < 4.78 is 1.52. The van der Waals surface area contributed by atoms with E-state index in [4.69, 9.17) is 0 Å². The second-order valence-electron chi connectivity index (χ2n) is 1.95. The summed E-state index contributed by atoms with van der Waals surface area (Å²) in [6.45, 7) is 2.29. The SMILES string of the molecule is CCc1cn(CC=O)nn1. The van der Waals surface area contributed by atoms with E-state index in [1.54, 1.807) is 6.20 Å². The van der Waals surface area contributed by atoms with Gasteiger partial charge in [-0.2, -0.15) is 0 Å². The third-order valence-electron chi connectivity index (χ3n) is 1.21. The van der Waals surface area contributed by atoms with Crippen LogP contribution < -0.4 is 0 Å². The molecule has 1 aromatic heterocycles. The van der Waals surface area contributed by atoms with Crippen molar-refractivity contribution in [3.05, 3.63) is 11.9 Å².